The number of benzene rings is 1. The first kappa shape index (κ1) is 23.4. The van der Waals surface area contributed by atoms with Crippen LogP contribution in [0.25, 0.3) is 0 Å². The average Bonchev–Trinajstić information content (AvgIpc) is 3.20. The van der Waals surface area contributed by atoms with Gasteiger partial charge in [-0.15, -0.1) is 0 Å². The molecule has 4 nitrogen and oxygen atoms in total. The van der Waals surface area contributed by atoms with Gasteiger partial charge in [-0.1, -0.05) is 56.3 Å². The maximum absolute atomic E-state index is 12.3. The fraction of sp³-hybridized carbons (Fsp3) is 0.739. The summed E-state index contributed by atoms with van der Waals surface area (Å²) >= 11 is -0.743. The monoisotopic (exact) mass is 409 g/mol. The molecule has 1 saturated heterocycles. The summed E-state index contributed by atoms with van der Waals surface area (Å²) in [6.45, 7) is 7.11. The molecular weight excluding hydrogens is 370 g/mol. The van der Waals surface area contributed by atoms with Crippen LogP contribution in [0.15, 0.2) is 18.2 Å². The Balaban J connectivity index is 0.000000397. The van der Waals surface area contributed by atoms with E-state index in [9.17, 15) is 4.55 Å². The molecule has 0 amide bonds. The zero-order chi connectivity index (χ0) is 20.0. The Morgan fingerprint density at radius 2 is 1.71 bits per heavy atom. The number of nitrogens with one attached hydrogen (secondary N) is 1. The van der Waals surface area contributed by atoms with Gasteiger partial charge in [-0.3, -0.25) is 0 Å². The summed E-state index contributed by atoms with van der Waals surface area (Å²) in [6, 6.07) is 6.01. The Morgan fingerprint density at radius 1 is 1.00 bits per heavy atom. The van der Waals surface area contributed by atoms with Gasteiger partial charge >= 0.3 is 0 Å². The highest BCUT2D eigenvalue weighted by Crippen LogP contribution is 2.33. The van der Waals surface area contributed by atoms with Crippen LogP contribution in [0.3, 0.4) is 0 Å². The minimum Gasteiger partial charge on any atom is -0.616 e. The van der Waals surface area contributed by atoms with E-state index in [2.05, 4.69) is 19.2 Å². The van der Waals surface area contributed by atoms with Crippen LogP contribution < -0.4 is 14.8 Å². The minimum absolute atomic E-state index is 0.191. The number of rotatable bonds is 10. The molecule has 0 bridgehead atoms. The van der Waals surface area contributed by atoms with E-state index in [-0.39, 0.29) is 5.25 Å². The fourth-order valence-electron chi connectivity index (χ4n) is 3.52. The van der Waals surface area contributed by atoms with Gasteiger partial charge in [-0.05, 0) is 63.4 Å². The van der Waals surface area contributed by atoms with Crippen LogP contribution in [0.5, 0.6) is 11.5 Å². The molecule has 3 rings (SSSR count). The van der Waals surface area contributed by atoms with E-state index in [1.807, 2.05) is 18.2 Å². The quantitative estimate of drug-likeness (QED) is 0.425. The molecule has 1 fully saturated rings. The molecule has 1 aromatic rings. The predicted octanol–water partition coefficient (Wildman–Crippen LogP) is 5.22. The number of unbranched alkanes of at least 4 members (excludes halogenated alkanes) is 5. The van der Waals surface area contributed by atoms with Crippen LogP contribution >= 0.6 is 0 Å². The molecule has 2 heterocycles. The summed E-state index contributed by atoms with van der Waals surface area (Å²) in [5.74, 6) is 2.45. The van der Waals surface area contributed by atoms with E-state index in [0.717, 1.165) is 30.1 Å². The van der Waals surface area contributed by atoms with Crippen molar-refractivity contribution in [1.29, 1.82) is 0 Å². The topological polar surface area (TPSA) is 53.5 Å². The van der Waals surface area contributed by atoms with Gasteiger partial charge in [-0.25, -0.2) is 0 Å². The predicted molar refractivity (Wildman–Crippen MR) is 119 cm³/mol. The fourth-order valence-corrected chi connectivity index (χ4v) is 4.79. The first-order valence-corrected chi connectivity index (χ1v) is 12.6. The molecule has 2 atom stereocenters. The van der Waals surface area contributed by atoms with Gasteiger partial charge < -0.3 is 19.3 Å². The lowest BCUT2D eigenvalue weighted by molar-refractivity contribution is 0.174. The minimum atomic E-state index is -0.743. The van der Waals surface area contributed by atoms with Crippen molar-refractivity contribution < 1.29 is 14.0 Å². The highest BCUT2D eigenvalue weighted by Gasteiger charge is 2.19. The van der Waals surface area contributed by atoms with Crippen LogP contribution in [-0.4, -0.2) is 35.4 Å². The number of piperidine rings is 1. The summed E-state index contributed by atoms with van der Waals surface area (Å²) in [5.41, 5.74) is 1.17. The second-order valence-electron chi connectivity index (χ2n) is 7.87. The summed E-state index contributed by atoms with van der Waals surface area (Å²) in [4.78, 5) is 0. The normalized spacial score (nSPS) is 17.5. The lowest BCUT2D eigenvalue weighted by atomic mass is 10.1. The Morgan fingerprint density at radius 3 is 2.39 bits per heavy atom. The molecule has 0 radical (unpaired) electrons. The van der Waals surface area contributed by atoms with E-state index >= 15 is 0 Å². The van der Waals surface area contributed by atoms with Crippen LogP contribution in [0.4, 0.5) is 0 Å². The molecule has 28 heavy (non-hydrogen) atoms. The third kappa shape index (κ3) is 9.06. The Kier molecular flexibility index (Phi) is 11.8. The molecule has 0 saturated carbocycles. The van der Waals surface area contributed by atoms with E-state index in [1.54, 1.807) is 0 Å². The smallest absolute Gasteiger partial charge is 0.231 e. The average molecular weight is 410 g/mol. The van der Waals surface area contributed by atoms with E-state index in [1.165, 1.54) is 70.0 Å². The lowest BCUT2D eigenvalue weighted by Crippen LogP contribution is -2.23. The van der Waals surface area contributed by atoms with Crippen molar-refractivity contribution in [2.24, 2.45) is 0 Å². The van der Waals surface area contributed by atoms with Gasteiger partial charge in [0, 0.05) is 6.42 Å². The first-order valence-electron chi connectivity index (χ1n) is 11.2. The van der Waals surface area contributed by atoms with Crippen molar-refractivity contribution in [3.05, 3.63) is 23.8 Å². The van der Waals surface area contributed by atoms with Crippen LogP contribution in [0, 0.1) is 0 Å². The molecule has 1 N–H and O–H groups in total. The third-order valence-electron chi connectivity index (χ3n) is 5.32. The number of ether oxygens (including phenoxy) is 2. The Bertz CT molecular complexity index is 525. The van der Waals surface area contributed by atoms with Gasteiger partial charge in [-0.2, -0.15) is 0 Å². The molecule has 0 aliphatic carbocycles. The summed E-state index contributed by atoms with van der Waals surface area (Å²) in [5, 5.41) is 3.48. The standard InChI is InChI=1S/C18H28O3S.C5H11N/c1-3-4-5-6-7-8-11-22(19)15(2)12-16-9-10-17-18(13-16)21-14-20-17;1-2-4-6-5-3-1/h9-10,13,15H,3-8,11-12,14H2,1-2H3;6H,1-5H2. The van der Waals surface area contributed by atoms with Gasteiger partial charge in [0.2, 0.25) is 6.79 Å². The number of fused-ring (bicyclic) bond motifs is 1. The van der Waals surface area contributed by atoms with Crippen molar-refractivity contribution >= 4 is 11.2 Å². The third-order valence-corrected chi connectivity index (χ3v) is 7.07. The molecule has 0 aromatic heterocycles. The number of hydrogen-bond acceptors (Lipinski definition) is 4. The number of hydrogen-bond donors (Lipinski definition) is 1. The van der Waals surface area contributed by atoms with Crippen molar-refractivity contribution in [2.75, 3.05) is 25.6 Å². The maximum Gasteiger partial charge on any atom is 0.231 e. The van der Waals surface area contributed by atoms with E-state index in [0.29, 0.717) is 6.79 Å². The molecule has 2 unspecified atom stereocenters. The van der Waals surface area contributed by atoms with Crippen molar-refractivity contribution in [2.45, 2.75) is 83.3 Å². The highest BCUT2D eigenvalue weighted by molar-refractivity contribution is 7.91. The SMILES string of the molecule is C1CCNCC1.CCCCCCCC[S+]([O-])C(C)Cc1ccc2c(c1)OCO2. The molecule has 160 valence electrons. The molecule has 2 aliphatic rings. The van der Waals surface area contributed by atoms with Crippen molar-refractivity contribution in [3.63, 3.8) is 0 Å². The molecule has 1 aromatic carbocycles. The van der Waals surface area contributed by atoms with Gasteiger partial charge in [0.15, 0.2) is 11.5 Å². The summed E-state index contributed by atoms with van der Waals surface area (Å²) in [6.07, 6.45) is 12.5. The largest absolute Gasteiger partial charge is 0.616 e. The van der Waals surface area contributed by atoms with E-state index in [4.69, 9.17) is 9.47 Å². The Labute approximate surface area is 175 Å². The summed E-state index contributed by atoms with van der Waals surface area (Å²) in [7, 11) is 0. The second-order valence-corrected chi connectivity index (χ2v) is 9.84. The molecule has 2 aliphatic heterocycles. The zero-order valence-corrected chi connectivity index (χ0v) is 18.7. The van der Waals surface area contributed by atoms with Crippen LogP contribution in [-0.2, 0) is 17.6 Å². The van der Waals surface area contributed by atoms with Gasteiger partial charge in [0.05, 0.1) is 0 Å². The van der Waals surface area contributed by atoms with Gasteiger partial charge in [0.1, 0.15) is 11.0 Å². The lowest BCUT2D eigenvalue weighted by Gasteiger charge is -2.18. The summed E-state index contributed by atoms with van der Waals surface area (Å²) < 4.78 is 23.0. The highest BCUT2D eigenvalue weighted by atomic mass is 32.2. The van der Waals surface area contributed by atoms with E-state index < -0.39 is 11.2 Å². The maximum atomic E-state index is 12.3. The van der Waals surface area contributed by atoms with Crippen LogP contribution in [0.2, 0.25) is 0 Å². The van der Waals surface area contributed by atoms with Crippen LogP contribution in [0.1, 0.15) is 77.2 Å². The molecular formula is C23H39NO3S. The first-order chi connectivity index (χ1) is 13.7. The zero-order valence-electron chi connectivity index (χ0n) is 17.8. The van der Waals surface area contributed by atoms with Crippen molar-refractivity contribution in [1.82, 2.24) is 5.32 Å². The van der Waals surface area contributed by atoms with Crippen molar-refractivity contribution in [3.8, 4) is 11.5 Å². The molecule has 5 heteroatoms. The Hall–Kier alpha value is -0.910. The van der Waals surface area contributed by atoms with Gasteiger partial charge in [0.25, 0.3) is 0 Å². The molecule has 0 spiro atoms. The second kappa shape index (κ2) is 14.1.